The fourth-order valence-electron chi connectivity index (χ4n) is 3.28. The van der Waals surface area contributed by atoms with Crippen LogP contribution in [0.1, 0.15) is 27.2 Å². The lowest BCUT2D eigenvalue weighted by molar-refractivity contribution is -0.385. The summed E-state index contributed by atoms with van der Waals surface area (Å²) in [6.45, 7) is 3.67. The highest BCUT2D eigenvalue weighted by Crippen LogP contribution is 2.37. The summed E-state index contributed by atoms with van der Waals surface area (Å²) >= 11 is 7.67. The minimum Gasteiger partial charge on any atom is -0.278 e. The van der Waals surface area contributed by atoms with Gasteiger partial charge >= 0.3 is 0 Å². The first-order valence-electron chi connectivity index (χ1n) is 9.38. The van der Waals surface area contributed by atoms with Gasteiger partial charge in [-0.3, -0.25) is 24.8 Å². The highest BCUT2D eigenvalue weighted by Gasteiger charge is 2.26. The Kier molecular flexibility index (Phi) is 5.67. The molecule has 2 heterocycles. The lowest BCUT2D eigenvalue weighted by Crippen LogP contribution is -2.31. The number of hydrogen-bond donors (Lipinski definition) is 0. The van der Waals surface area contributed by atoms with Crippen molar-refractivity contribution < 1.29 is 9.72 Å². The van der Waals surface area contributed by atoms with Crippen LogP contribution in [0.3, 0.4) is 0 Å². The smallest absolute Gasteiger partial charge is 0.273 e. The Morgan fingerprint density at radius 2 is 1.97 bits per heavy atom. The number of fused-ring (bicyclic) bond motifs is 1. The van der Waals surface area contributed by atoms with Crippen LogP contribution in [0.2, 0.25) is 5.02 Å². The summed E-state index contributed by atoms with van der Waals surface area (Å²) in [5, 5.41) is 12.4. The maximum absolute atomic E-state index is 13.6. The fraction of sp³-hybridized carbons (Fsp3) is 0.136. The molecular formula is C22H17ClN4O3S. The van der Waals surface area contributed by atoms with Gasteiger partial charge in [-0.2, -0.15) is 0 Å². The molecule has 156 valence electrons. The number of thiazole rings is 1. The Morgan fingerprint density at radius 1 is 1.16 bits per heavy atom. The van der Waals surface area contributed by atoms with Crippen molar-refractivity contribution in [2.24, 2.45) is 0 Å². The first kappa shape index (κ1) is 20.9. The van der Waals surface area contributed by atoms with Crippen molar-refractivity contribution in [3.05, 3.63) is 92.2 Å². The van der Waals surface area contributed by atoms with E-state index in [1.54, 1.807) is 31.3 Å². The van der Waals surface area contributed by atoms with E-state index in [2.05, 4.69) is 9.97 Å². The molecule has 0 saturated carbocycles. The second-order valence-electron chi connectivity index (χ2n) is 6.96. The van der Waals surface area contributed by atoms with E-state index in [-0.39, 0.29) is 23.7 Å². The number of nitro benzene ring substituents is 1. The quantitative estimate of drug-likeness (QED) is 0.285. The Labute approximate surface area is 187 Å². The van der Waals surface area contributed by atoms with E-state index in [9.17, 15) is 14.9 Å². The average molecular weight is 453 g/mol. The van der Waals surface area contributed by atoms with Gasteiger partial charge < -0.3 is 0 Å². The standard InChI is InChI=1S/C22H17ClN4O3S/c1-13-9-10-17(23)20-19(13)25-22(31-20)26(12-15-6-3-4-11-24-15)21(28)16-7-5-8-18(14(16)2)27(29)30/h3-11H,12H2,1-2H3. The highest BCUT2D eigenvalue weighted by atomic mass is 35.5. The molecule has 31 heavy (non-hydrogen) atoms. The van der Waals surface area contributed by atoms with E-state index in [0.717, 1.165) is 15.8 Å². The Bertz CT molecular complexity index is 1270. The number of carbonyl (C=O) groups is 1. The molecule has 0 saturated heterocycles. The number of nitro groups is 1. The SMILES string of the molecule is Cc1c(C(=O)N(Cc2ccccn2)c2nc3c(C)ccc(Cl)c3s2)cccc1[N+](=O)[O-]. The molecule has 0 N–H and O–H groups in total. The number of pyridine rings is 1. The van der Waals surface area contributed by atoms with E-state index in [1.807, 2.05) is 25.1 Å². The molecule has 0 aliphatic carbocycles. The summed E-state index contributed by atoms with van der Waals surface area (Å²) in [6.07, 6.45) is 1.65. The van der Waals surface area contributed by atoms with Gasteiger partial charge in [-0.15, -0.1) is 0 Å². The predicted octanol–water partition coefficient (Wildman–Crippen LogP) is 5.72. The molecule has 0 fully saturated rings. The van der Waals surface area contributed by atoms with Gasteiger partial charge in [0, 0.05) is 23.4 Å². The minimum atomic E-state index is -0.490. The lowest BCUT2D eigenvalue weighted by atomic mass is 10.1. The Hall–Kier alpha value is -3.36. The molecule has 1 amide bonds. The van der Waals surface area contributed by atoms with Gasteiger partial charge in [-0.1, -0.05) is 41.1 Å². The number of carbonyl (C=O) groups excluding carboxylic acids is 1. The van der Waals surface area contributed by atoms with E-state index < -0.39 is 4.92 Å². The van der Waals surface area contributed by atoms with Crippen LogP contribution < -0.4 is 4.90 Å². The van der Waals surface area contributed by atoms with Crippen molar-refractivity contribution in [2.75, 3.05) is 4.90 Å². The van der Waals surface area contributed by atoms with Gasteiger partial charge in [0.05, 0.1) is 32.4 Å². The number of aryl methyl sites for hydroxylation is 1. The topological polar surface area (TPSA) is 89.2 Å². The third kappa shape index (κ3) is 3.99. The molecule has 2 aromatic carbocycles. The fourth-order valence-corrected chi connectivity index (χ4v) is 4.60. The number of amides is 1. The third-order valence-electron chi connectivity index (χ3n) is 4.94. The average Bonchev–Trinajstić information content (AvgIpc) is 3.21. The zero-order valence-electron chi connectivity index (χ0n) is 16.7. The second kappa shape index (κ2) is 8.41. The number of aromatic nitrogens is 2. The maximum atomic E-state index is 13.6. The molecule has 0 radical (unpaired) electrons. The molecule has 9 heteroatoms. The molecule has 0 aliphatic heterocycles. The van der Waals surface area contributed by atoms with Crippen LogP contribution in [0.4, 0.5) is 10.8 Å². The van der Waals surface area contributed by atoms with Gasteiger partial charge in [-0.25, -0.2) is 4.98 Å². The monoisotopic (exact) mass is 452 g/mol. The van der Waals surface area contributed by atoms with Crippen LogP contribution in [-0.4, -0.2) is 20.8 Å². The molecule has 0 bridgehead atoms. The summed E-state index contributed by atoms with van der Waals surface area (Å²) in [5.41, 5.74) is 2.78. The molecule has 0 spiro atoms. The van der Waals surface area contributed by atoms with Crippen molar-refractivity contribution in [2.45, 2.75) is 20.4 Å². The number of hydrogen-bond acceptors (Lipinski definition) is 6. The van der Waals surface area contributed by atoms with Crippen molar-refractivity contribution in [3.63, 3.8) is 0 Å². The van der Waals surface area contributed by atoms with E-state index in [1.165, 1.54) is 28.4 Å². The number of halogens is 1. The third-order valence-corrected chi connectivity index (χ3v) is 6.48. The maximum Gasteiger partial charge on any atom is 0.273 e. The van der Waals surface area contributed by atoms with Crippen LogP contribution in [-0.2, 0) is 6.54 Å². The van der Waals surface area contributed by atoms with Crippen molar-refractivity contribution >= 4 is 49.9 Å². The van der Waals surface area contributed by atoms with E-state index in [4.69, 9.17) is 11.6 Å². The van der Waals surface area contributed by atoms with Gasteiger partial charge in [0.25, 0.3) is 11.6 Å². The number of rotatable bonds is 5. The molecule has 4 aromatic rings. The highest BCUT2D eigenvalue weighted by molar-refractivity contribution is 7.23. The lowest BCUT2D eigenvalue weighted by Gasteiger charge is -2.20. The molecule has 4 rings (SSSR count). The van der Waals surface area contributed by atoms with Crippen LogP contribution in [0.15, 0.2) is 54.7 Å². The predicted molar refractivity (Wildman–Crippen MR) is 122 cm³/mol. The number of anilines is 1. The number of nitrogens with zero attached hydrogens (tertiary/aromatic N) is 4. The summed E-state index contributed by atoms with van der Waals surface area (Å²) in [4.78, 5) is 35.0. The van der Waals surface area contributed by atoms with E-state index >= 15 is 0 Å². The molecule has 2 aromatic heterocycles. The van der Waals surface area contributed by atoms with E-state index in [0.29, 0.717) is 21.4 Å². The molecule has 7 nitrogen and oxygen atoms in total. The summed E-state index contributed by atoms with van der Waals surface area (Å²) < 4.78 is 0.784. The Balaban J connectivity index is 1.85. The second-order valence-corrected chi connectivity index (χ2v) is 8.34. The normalized spacial score (nSPS) is 10.9. The first-order valence-corrected chi connectivity index (χ1v) is 10.6. The largest absolute Gasteiger partial charge is 0.278 e. The zero-order valence-corrected chi connectivity index (χ0v) is 18.3. The Morgan fingerprint density at radius 3 is 2.65 bits per heavy atom. The zero-order chi connectivity index (χ0) is 22.1. The van der Waals surface area contributed by atoms with Gasteiger partial charge in [0.1, 0.15) is 0 Å². The van der Waals surface area contributed by atoms with Gasteiger partial charge in [-0.05, 0) is 43.7 Å². The van der Waals surface area contributed by atoms with Crippen molar-refractivity contribution in [1.82, 2.24) is 9.97 Å². The number of benzene rings is 2. The van der Waals surface area contributed by atoms with Gasteiger partial charge in [0.2, 0.25) is 0 Å². The summed E-state index contributed by atoms with van der Waals surface area (Å²) in [7, 11) is 0. The van der Waals surface area contributed by atoms with Crippen LogP contribution >= 0.6 is 22.9 Å². The van der Waals surface area contributed by atoms with Crippen LogP contribution in [0.5, 0.6) is 0 Å². The van der Waals surface area contributed by atoms with Crippen molar-refractivity contribution in [1.29, 1.82) is 0 Å². The molecule has 0 atom stereocenters. The first-order chi connectivity index (χ1) is 14.9. The molecule has 0 unspecified atom stereocenters. The molecule has 0 aliphatic rings. The van der Waals surface area contributed by atoms with Crippen molar-refractivity contribution in [3.8, 4) is 0 Å². The summed E-state index contributed by atoms with van der Waals surface area (Å²) in [6, 6.07) is 13.6. The van der Waals surface area contributed by atoms with Crippen LogP contribution in [0, 0.1) is 24.0 Å². The van der Waals surface area contributed by atoms with Crippen LogP contribution in [0.25, 0.3) is 10.2 Å². The molecular weight excluding hydrogens is 436 g/mol. The summed E-state index contributed by atoms with van der Waals surface area (Å²) in [5.74, 6) is -0.389. The minimum absolute atomic E-state index is 0.105. The van der Waals surface area contributed by atoms with Gasteiger partial charge in [0.15, 0.2) is 5.13 Å².